The normalized spacial score (nSPS) is 12.3. The maximum atomic E-state index is 12.3. The van der Waals surface area contributed by atoms with Crippen LogP contribution in [0.2, 0.25) is 0 Å². The van der Waals surface area contributed by atoms with Crippen LogP contribution in [0.25, 0.3) is 10.9 Å². The molecular formula is C26H27N3O5S. The zero-order chi connectivity index (χ0) is 24.7. The molecule has 0 aliphatic rings. The number of fused-ring (bicyclic) bond motifs is 1. The van der Waals surface area contributed by atoms with Gasteiger partial charge in [0.25, 0.3) is 0 Å². The summed E-state index contributed by atoms with van der Waals surface area (Å²) in [5.41, 5.74) is 2.63. The Morgan fingerprint density at radius 1 is 1.09 bits per heavy atom. The van der Waals surface area contributed by atoms with Crippen LogP contribution in [0.4, 0.5) is 5.82 Å². The van der Waals surface area contributed by atoms with Gasteiger partial charge in [-0.2, -0.15) is 8.42 Å². The third kappa shape index (κ3) is 6.83. The zero-order valence-electron chi connectivity index (χ0n) is 19.3. The van der Waals surface area contributed by atoms with Crippen molar-refractivity contribution in [1.29, 1.82) is 0 Å². The standard InChI is InChI=1S/C26H27N3O5S/c1-35(31,32)34-26(30)17-22(19-8-3-2-4-9-19)23-18-29-24-16-20(11-12-21(23)24)33-15-7-14-28-25-10-5-6-13-27-25/h2-6,8-13,16,18,22,29H,7,14-15,17H2,1H3,(H,27,28)/t22-/m0/s1. The Balaban J connectivity index is 1.45. The first kappa shape index (κ1) is 24.3. The average molecular weight is 494 g/mol. The van der Waals surface area contributed by atoms with Gasteiger partial charge in [0.1, 0.15) is 11.6 Å². The molecule has 9 heteroatoms. The maximum Gasteiger partial charge on any atom is 0.323 e. The number of ether oxygens (including phenoxy) is 1. The predicted molar refractivity (Wildman–Crippen MR) is 135 cm³/mol. The Labute approximate surface area is 204 Å². The van der Waals surface area contributed by atoms with E-state index >= 15 is 0 Å². The molecule has 35 heavy (non-hydrogen) atoms. The van der Waals surface area contributed by atoms with Crippen molar-refractivity contribution in [3.8, 4) is 5.75 Å². The summed E-state index contributed by atoms with van der Waals surface area (Å²) in [7, 11) is -3.88. The van der Waals surface area contributed by atoms with Gasteiger partial charge in [0.2, 0.25) is 0 Å². The molecule has 0 unspecified atom stereocenters. The van der Waals surface area contributed by atoms with Gasteiger partial charge >= 0.3 is 16.1 Å². The number of rotatable bonds is 11. The van der Waals surface area contributed by atoms with Crippen molar-refractivity contribution in [2.24, 2.45) is 0 Å². The van der Waals surface area contributed by atoms with Crippen LogP contribution in [0.5, 0.6) is 5.75 Å². The molecule has 2 heterocycles. The van der Waals surface area contributed by atoms with Crippen LogP contribution in [0, 0.1) is 0 Å². The molecule has 2 N–H and O–H groups in total. The fourth-order valence-electron chi connectivity index (χ4n) is 3.91. The van der Waals surface area contributed by atoms with Gasteiger partial charge in [-0.05, 0) is 41.8 Å². The molecule has 0 saturated carbocycles. The Bertz CT molecular complexity index is 1370. The molecule has 0 radical (unpaired) electrons. The smallest absolute Gasteiger partial charge is 0.323 e. The Morgan fingerprint density at radius 2 is 1.89 bits per heavy atom. The van der Waals surface area contributed by atoms with E-state index < -0.39 is 16.1 Å². The summed E-state index contributed by atoms with van der Waals surface area (Å²) in [5.74, 6) is 0.399. The van der Waals surface area contributed by atoms with E-state index in [4.69, 9.17) is 4.74 Å². The number of carbonyl (C=O) groups is 1. The first-order chi connectivity index (χ1) is 16.9. The number of pyridine rings is 1. The molecule has 182 valence electrons. The number of anilines is 1. The fraction of sp³-hybridized carbons (Fsp3) is 0.231. The topological polar surface area (TPSA) is 110 Å². The summed E-state index contributed by atoms with van der Waals surface area (Å²) in [5, 5.41) is 4.17. The lowest BCUT2D eigenvalue weighted by Gasteiger charge is -2.16. The van der Waals surface area contributed by atoms with Crippen molar-refractivity contribution in [2.75, 3.05) is 24.7 Å². The molecule has 0 fully saturated rings. The number of nitrogens with one attached hydrogen (secondary N) is 2. The Hall–Kier alpha value is -3.85. The van der Waals surface area contributed by atoms with Gasteiger partial charge < -0.3 is 19.2 Å². The molecule has 0 spiro atoms. The summed E-state index contributed by atoms with van der Waals surface area (Å²) in [4.78, 5) is 19.8. The van der Waals surface area contributed by atoms with Crippen LogP contribution in [0.1, 0.15) is 29.9 Å². The molecule has 1 atom stereocenters. The summed E-state index contributed by atoms with van der Waals surface area (Å²) >= 11 is 0. The largest absolute Gasteiger partial charge is 0.493 e. The van der Waals surface area contributed by atoms with Crippen molar-refractivity contribution in [3.63, 3.8) is 0 Å². The first-order valence-electron chi connectivity index (χ1n) is 11.2. The minimum absolute atomic E-state index is 0.106. The highest BCUT2D eigenvalue weighted by Gasteiger charge is 2.24. The average Bonchev–Trinajstić information content (AvgIpc) is 3.25. The molecule has 0 aliphatic heterocycles. The van der Waals surface area contributed by atoms with E-state index in [0.717, 1.165) is 52.8 Å². The van der Waals surface area contributed by atoms with Crippen molar-refractivity contribution in [1.82, 2.24) is 9.97 Å². The van der Waals surface area contributed by atoms with Crippen LogP contribution in [0.15, 0.2) is 79.1 Å². The van der Waals surface area contributed by atoms with Gasteiger partial charge in [0, 0.05) is 41.8 Å². The number of hydrogen-bond acceptors (Lipinski definition) is 7. The summed E-state index contributed by atoms with van der Waals surface area (Å²) in [6, 6.07) is 21.0. The third-order valence-corrected chi connectivity index (χ3v) is 5.93. The lowest BCUT2D eigenvalue weighted by molar-refractivity contribution is -0.134. The molecule has 4 aromatic rings. The second kappa shape index (κ2) is 11.1. The third-order valence-electron chi connectivity index (χ3n) is 5.44. The van der Waals surface area contributed by atoms with E-state index in [2.05, 4.69) is 19.5 Å². The molecule has 2 aromatic carbocycles. The van der Waals surface area contributed by atoms with E-state index in [9.17, 15) is 13.2 Å². The molecular weight excluding hydrogens is 466 g/mol. The molecule has 0 bridgehead atoms. The summed E-state index contributed by atoms with van der Waals surface area (Å²) in [6.45, 7) is 1.29. The summed E-state index contributed by atoms with van der Waals surface area (Å²) < 4.78 is 33.4. The van der Waals surface area contributed by atoms with Crippen LogP contribution >= 0.6 is 0 Å². The predicted octanol–water partition coefficient (Wildman–Crippen LogP) is 4.47. The second-order valence-corrected chi connectivity index (χ2v) is 9.70. The number of aromatic amines is 1. The van der Waals surface area contributed by atoms with Crippen molar-refractivity contribution in [3.05, 3.63) is 90.3 Å². The van der Waals surface area contributed by atoms with Crippen molar-refractivity contribution < 1.29 is 22.1 Å². The molecule has 4 rings (SSSR count). The van der Waals surface area contributed by atoms with Gasteiger partial charge in [-0.1, -0.05) is 36.4 Å². The number of hydrogen-bond donors (Lipinski definition) is 2. The molecule has 8 nitrogen and oxygen atoms in total. The molecule has 0 saturated heterocycles. The Morgan fingerprint density at radius 3 is 2.63 bits per heavy atom. The van der Waals surface area contributed by atoms with Crippen LogP contribution in [0.3, 0.4) is 0 Å². The minimum Gasteiger partial charge on any atom is -0.493 e. The Kier molecular flexibility index (Phi) is 7.67. The van der Waals surface area contributed by atoms with E-state index in [1.54, 1.807) is 6.20 Å². The fourth-order valence-corrected chi connectivity index (χ4v) is 4.32. The number of nitrogens with zero attached hydrogens (tertiary/aromatic N) is 1. The van der Waals surface area contributed by atoms with E-state index in [0.29, 0.717) is 6.61 Å². The summed E-state index contributed by atoms with van der Waals surface area (Å²) in [6.07, 6.45) is 5.16. The van der Waals surface area contributed by atoms with E-state index in [1.165, 1.54) is 0 Å². The number of H-pyrrole nitrogens is 1. The highest BCUT2D eigenvalue weighted by molar-refractivity contribution is 7.86. The van der Waals surface area contributed by atoms with Gasteiger partial charge in [-0.3, -0.25) is 4.79 Å². The quantitative estimate of drug-likeness (QED) is 0.234. The van der Waals surface area contributed by atoms with Crippen LogP contribution < -0.4 is 10.1 Å². The monoisotopic (exact) mass is 493 g/mol. The number of aromatic nitrogens is 2. The number of benzene rings is 2. The second-order valence-electron chi connectivity index (χ2n) is 8.12. The van der Waals surface area contributed by atoms with Gasteiger partial charge in [0.15, 0.2) is 0 Å². The molecule has 0 amide bonds. The highest BCUT2D eigenvalue weighted by Crippen LogP contribution is 2.35. The van der Waals surface area contributed by atoms with Crippen molar-refractivity contribution >= 4 is 32.8 Å². The van der Waals surface area contributed by atoms with Crippen LogP contribution in [-0.2, 0) is 19.1 Å². The molecule has 0 aliphatic carbocycles. The number of carbonyl (C=O) groups excluding carboxylic acids is 1. The van der Waals surface area contributed by atoms with Gasteiger partial charge in [-0.15, -0.1) is 0 Å². The minimum atomic E-state index is -3.88. The highest BCUT2D eigenvalue weighted by atomic mass is 32.2. The van der Waals surface area contributed by atoms with Gasteiger partial charge in [-0.25, -0.2) is 4.98 Å². The lowest BCUT2D eigenvalue weighted by Crippen LogP contribution is -2.15. The van der Waals surface area contributed by atoms with Crippen LogP contribution in [-0.4, -0.2) is 43.8 Å². The zero-order valence-corrected chi connectivity index (χ0v) is 20.1. The first-order valence-corrected chi connectivity index (χ1v) is 13.1. The van der Waals surface area contributed by atoms with E-state index in [-0.39, 0.29) is 12.3 Å². The SMILES string of the molecule is CS(=O)(=O)OC(=O)C[C@@H](c1ccccc1)c1c[nH]c2cc(OCCCNc3ccccn3)ccc12. The van der Waals surface area contributed by atoms with Crippen molar-refractivity contribution in [2.45, 2.75) is 18.8 Å². The van der Waals surface area contributed by atoms with E-state index in [1.807, 2.05) is 72.9 Å². The lowest BCUT2D eigenvalue weighted by atomic mass is 9.88. The molecule has 2 aromatic heterocycles. The van der Waals surface area contributed by atoms with Gasteiger partial charge in [0.05, 0.1) is 19.3 Å². The maximum absolute atomic E-state index is 12.3.